The highest BCUT2D eigenvalue weighted by Crippen LogP contribution is 2.49. The number of para-hydroxylation sites is 2. The summed E-state index contributed by atoms with van der Waals surface area (Å²) in [7, 11) is 1.53. The lowest BCUT2D eigenvalue weighted by Gasteiger charge is -2.22. The minimum atomic E-state index is -0.0523. The van der Waals surface area contributed by atoms with Crippen LogP contribution in [0.3, 0.4) is 0 Å². The number of ketones is 1. The van der Waals surface area contributed by atoms with Crippen molar-refractivity contribution >= 4 is 5.78 Å². The third kappa shape index (κ3) is 1.91. The largest absolute Gasteiger partial charge is 0.493 e. The minimum absolute atomic E-state index is 0.0523. The van der Waals surface area contributed by atoms with Crippen molar-refractivity contribution in [1.82, 2.24) is 0 Å². The van der Waals surface area contributed by atoms with Gasteiger partial charge in [0.25, 0.3) is 0 Å². The smallest absolute Gasteiger partial charge is 0.211 e. The molecule has 0 saturated heterocycles. The number of Topliss-reactive ketones (excluding diaryl/α,β-unsaturated/α-hetero) is 1. The second-order valence-electron chi connectivity index (χ2n) is 4.21. The Balaban J connectivity index is 2.14. The van der Waals surface area contributed by atoms with E-state index in [0.717, 1.165) is 0 Å². The molecule has 0 atom stereocenters. The van der Waals surface area contributed by atoms with Gasteiger partial charge >= 0.3 is 0 Å². The van der Waals surface area contributed by atoms with Crippen molar-refractivity contribution < 1.29 is 19.0 Å². The second-order valence-corrected chi connectivity index (χ2v) is 4.21. The van der Waals surface area contributed by atoms with E-state index < -0.39 is 0 Å². The van der Waals surface area contributed by atoms with Crippen molar-refractivity contribution in [1.29, 1.82) is 0 Å². The number of carbonyl (C=O) groups excluding carboxylic acids is 1. The maximum absolute atomic E-state index is 11.5. The number of methoxy groups -OCH3 is 1. The zero-order chi connectivity index (χ0) is 13.4. The summed E-state index contributed by atoms with van der Waals surface area (Å²) in [4.78, 5) is 11.5. The molecule has 0 radical (unpaired) electrons. The minimum Gasteiger partial charge on any atom is -0.493 e. The van der Waals surface area contributed by atoms with Gasteiger partial charge in [0.15, 0.2) is 28.8 Å². The Labute approximate surface area is 110 Å². The molecular formula is C15H12O4. The Bertz CT molecular complexity index is 661. The highest BCUT2D eigenvalue weighted by Gasteiger charge is 2.23. The average molecular weight is 256 g/mol. The summed E-state index contributed by atoms with van der Waals surface area (Å²) < 4.78 is 16.8. The number of benzene rings is 2. The van der Waals surface area contributed by atoms with Crippen molar-refractivity contribution in [2.75, 3.05) is 7.11 Å². The van der Waals surface area contributed by atoms with E-state index in [4.69, 9.17) is 14.2 Å². The summed E-state index contributed by atoms with van der Waals surface area (Å²) in [6.45, 7) is 1.50. The monoisotopic (exact) mass is 256 g/mol. The lowest BCUT2D eigenvalue weighted by molar-refractivity contribution is 0.101. The molecule has 0 amide bonds. The standard InChI is InChI=1S/C15H12O4/c1-9(16)10-7-13(17-2)15-14(8-10)18-11-5-3-4-6-12(11)19-15/h3-8H,1-2H3. The Kier molecular flexibility index (Phi) is 2.63. The molecule has 19 heavy (non-hydrogen) atoms. The second kappa shape index (κ2) is 4.31. The number of ether oxygens (including phenoxy) is 3. The highest BCUT2D eigenvalue weighted by atomic mass is 16.6. The first-order chi connectivity index (χ1) is 9.19. The van der Waals surface area contributed by atoms with Gasteiger partial charge in [-0.2, -0.15) is 0 Å². The van der Waals surface area contributed by atoms with E-state index in [1.54, 1.807) is 12.1 Å². The van der Waals surface area contributed by atoms with Crippen molar-refractivity contribution in [3.8, 4) is 28.7 Å². The van der Waals surface area contributed by atoms with Crippen LogP contribution < -0.4 is 14.2 Å². The van der Waals surface area contributed by atoms with Gasteiger partial charge < -0.3 is 14.2 Å². The first-order valence-corrected chi connectivity index (χ1v) is 5.87. The lowest BCUT2D eigenvalue weighted by Crippen LogP contribution is -2.03. The summed E-state index contributed by atoms with van der Waals surface area (Å²) in [6, 6.07) is 10.7. The number of hydrogen-bond donors (Lipinski definition) is 0. The molecule has 2 aromatic rings. The molecule has 2 aromatic carbocycles. The van der Waals surface area contributed by atoms with Gasteiger partial charge in [-0.1, -0.05) is 12.1 Å². The van der Waals surface area contributed by atoms with Crippen LogP contribution in [-0.2, 0) is 0 Å². The molecule has 4 nitrogen and oxygen atoms in total. The van der Waals surface area contributed by atoms with E-state index in [2.05, 4.69) is 0 Å². The van der Waals surface area contributed by atoms with Gasteiger partial charge in [-0.05, 0) is 31.2 Å². The molecule has 0 saturated carbocycles. The van der Waals surface area contributed by atoms with Crippen LogP contribution in [0.5, 0.6) is 28.7 Å². The third-order valence-corrected chi connectivity index (χ3v) is 2.93. The van der Waals surface area contributed by atoms with Gasteiger partial charge in [-0.25, -0.2) is 0 Å². The predicted octanol–water partition coefficient (Wildman–Crippen LogP) is 3.80. The van der Waals surface area contributed by atoms with Crippen LogP contribution in [0.1, 0.15) is 17.3 Å². The molecule has 0 spiro atoms. The maximum Gasteiger partial charge on any atom is 0.211 e. The van der Waals surface area contributed by atoms with E-state index in [1.165, 1.54) is 14.0 Å². The van der Waals surface area contributed by atoms with Crippen LogP contribution >= 0.6 is 0 Å². The molecule has 3 rings (SSSR count). The Hall–Kier alpha value is -2.49. The van der Waals surface area contributed by atoms with Gasteiger partial charge in [0, 0.05) is 5.56 Å². The SMILES string of the molecule is COc1cc(C(C)=O)cc2c1Oc1ccccc1O2. The molecule has 0 fully saturated rings. The number of carbonyl (C=O) groups is 1. The van der Waals surface area contributed by atoms with E-state index >= 15 is 0 Å². The number of rotatable bonds is 2. The van der Waals surface area contributed by atoms with Crippen LogP contribution in [0, 0.1) is 0 Å². The van der Waals surface area contributed by atoms with Crippen LogP contribution in [-0.4, -0.2) is 12.9 Å². The molecule has 1 aliphatic heterocycles. The first kappa shape index (κ1) is 11.6. The lowest BCUT2D eigenvalue weighted by atomic mass is 10.1. The predicted molar refractivity (Wildman–Crippen MR) is 69.6 cm³/mol. The summed E-state index contributed by atoms with van der Waals surface area (Å²) in [6.07, 6.45) is 0. The molecule has 1 heterocycles. The van der Waals surface area contributed by atoms with E-state index in [9.17, 15) is 4.79 Å². The van der Waals surface area contributed by atoms with Gasteiger partial charge in [-0.3, -0.25) is 4.79 Å². The average Bonchev–Trinajstić information content (AvgIpc) is 2.43. The molecule has 0 aliphatic carbocycles. The van der Waals surface area contributed by atoms with E-state index in [-0.39, 0.29) is 5.78 Å². The number of hydrogen-bond acceptors (Lipinski definition) is 4. The molecule has 4 heteroatoms. The third-order valence-electron chi connectivity index (χ3n) is 2.93. The quantitative estimate of drug-likeness (QED) is 0.654. The zero-order valence-electron chi connectivity index (χ0n) is 10.6. The van der Waals surface area contributed by atoms with Gasteiger partial charge in [0.2, 0.25) is 5.75 Å². The van der Waals surface area contributed by atoms with Crippen molar-refractivity contribution in [3.05, 3.63) is 42.0 Å². The summed E-state index contributed by atoms with van der Waals surface area (Å²) in [5, 5.41) is 0. The fourth-order valence-corrected chi connectivity index (χ4v) is 1.96. The van der Waals surface area contributed by atoms with Crippen LogP contribution in [0.4, 0.5) is 0 Å². The van der Waals surface area contributed by atoms with Crippen LogP contribution in [0.15, 0.2) is 36.4 Å². The van der Waals surface area contributed by atoms with Crippen molar-refractivity contribution in [2.45, 2.75) is 6.92 Å². The molecule has 96 valence electrons. The van der Waals surface area contributed by atoms with Crippen LogP contribution in [0.25, 0.3) is 0 Å². The topological polar surface area (TPSA) is 44.8 Å². The zero-order valence-corrected chi connectivity index (χ0v) is 10.6. The first-order valence-electron chi connectivity index (χ1n) is 5.87. The Morgan fingerprint density at radius 1 is 1.05 bits per heavy atom. The van der Waals surface area contributed by atoms with Gasteiger partial charge in [0.1, 0.15) is 0 Å². The van der Waals surface area contributed by atoms with Crippen molar-refractivity contribution in [2.24, 2.45) is 0 Å². The molecule has 0 bridgehead atoms. The van der Waals surface area contributed by atoms with E-state index in [0.29, 0.717) is 34.3 Å². The van der Waals surface area contributed by atoms with Crippen LogP contribution in [0.2, 0.25) is 0 Å². The Morgan fingerprint density at radius 2 is 1.74 bits per heavy atom. The molecule has 1 aliphatic rings. The van der Waals surface area contributed by atoms with E-state index in [1.807, 2.05) is 24.3 Å². The normalized spacial score (nSPS) is 11.7. The molecule has 0 aromatic heterocycles. The summed E-state index contributed by atoms with van der Waals surface area (Å²) in [5.41, 5.74) is 0.526. The van der Waals surface area contributed by atoms with Gasteiger partial charge in [0.05, 0.1) is 7.11 Å². The van der Waals surface area contributed by atoms with Crippen molar-refractivity contribution in [3.63, 3.8) is 0 Å². The number of fused-ring (bicyclic) bond motifs is 2. The summed E-state index contributed by atoms with van der Waals surface area (Å²) >= 11 is 0. The molecule has 0 N–H and O–H groups in total. The molecule has 0 unspecified atom stereocenters. The maximum atomic E-state index is 11.5. The highest BCUT2D eigenvalue weighted by molar-refractivity contribution is 5.95. The summed E-state index contributed by atoms with van der Waals surface area (Å²) in [5.74, 6) is 2.66. The van der Waals surface area contributed by atoms with Gasteiger partial charge in [-0.15, -0.1) is 0 Å². The molecular weight excluding hydrogens is 244 g/mol. The fourth-order valence-electron chi connectivity index (χ4n) is 1.96. The Morgan fingerprint density at radius 3 is 2.37 bits per heavy atom. The fraction of sp³-hybridized carbons (Fsp3) is 0.133.